The quantitative estimate of drug-likeness (QED) is 0.808. The molecule has 0 saturated heterocycles. The Morgan fingerprint density at radius 2 is 1.84 bits per heavy atom. The van der Waals surface area contributed by atoms with Crippen molar-refractivity contribution in [1.29, 1.82) is 0 Å². The molecule has 19 heavy (non-hydrogen) atoms. The Morgan fingerprint density at radius 3 is 2.42 bits per heavy atom. The lowest BCUT2D eigenvalue weighted by molar-refractivity contribution is -0.128. The summed E-state index contributed by atoms with van der Waals surface area (Å²) in [7, 11) is 0. The molecule has 0 saturated carbocycles. The Hall–Kier alpha value is -1.70. The van der Waals surface area contributed by atoms with Gasteiger partial charge >= 0.3 is 6.18 Å². The van der Waals surface area contributed by atoms with Crippen LogP contribution in [0, 0.1) is 11.6 Å². The molecule has 0 aliphatic rings. The molecule has 1 rings (SSSR count). The Morgan fingerprint density at radius 1 is 1.16 bits per heavy atom. The van der Waals surface area contributed by atoms with Crippen molar-refractivity contribution in [3.63, 3.8) is 0 Å². The van der Waals surface area contributed by atoms with Crippen molar-refractivity contribution in [2.45, 2.75) is 12.7 Å². The van der Waals surface area contributed by atoms with Gasteiger partial charge in [-0.25, -0.2) is 8.78 Å². The monoisotopic (exact) mass is 282 g/mol. The number of carbonyl (C=O) groups is 1. The summed E-state index contributed by atoms with van der Waals surface area (Å²) in [6, 6.07) is 3.07. The number of carbonyl (C=O) groups excluding carboxylic acids is 1. The SMILES string of the molecule is O=C(CNCC(F)(F)F)NCc1ccc(F)c(F)c1. The third-order valence-corrected chi connectivity index (χ3v) is 2.08. The molecule has 0 unspecified atom stereocenters. The van der Waals surface area contributed by atoms with Gasteiger partial charge in [0.15, 0.2) is 11.6 Å². The van der Waals surface area contributed by atoms with Gasteiger partial charge in [0, 0.05) is 6.54 Å². The van der Waals surface area contributed by atoms with E-state index in [0.717, 1.165) is 12.1 Å². The molecule has 106 valence electrons. The van der Waals surface area contributed by atoms with Crippen molar-refractivity contribution in [2.24, 2.45) is 0 Å². The van der Waals surface area contributed by atoms with Crippen molar-refractivity contribution in [1.82, 2.24) is 10.6 Å². The lowest BCUT2D eigenvalue weighted by Gasteiger charge is -2.09. The molecule has 1 aromatic rings. The van der Waals surface area contributed by atoms with Gasteiger partial charge in [0.05, 0.1) is 13.1 Å². The molecule has 1 amide bonds. The fourth-order valence-corrected chi connectivity index (χ4v) is 1.23. The van der Waals surface area contributed by atoms with Gasteiger partial charge in [0.1, 0.15) is 0 Å². The van der Waals surface area contributed by atoms with Gasteiger partial charge in [-0.3, -0.25) is 4.79 Å². The van der Waals surface area contributed by atoms with Crippen molar-refractivity contribution in [3.05, 3.63) is 35.4 Å². The van der Waals surface area contributed by atoms with E-state index in [4.69, 9.17) is 0 Å². The van der Waals surface area contributed by atoms with Crippen LogP contribution in [0.3, 0.4) is 0 Å². The zero-order valence-corrected chi connectivity index (χ0v) is 9.65. The third-order valence-electron chi connectivity index (χ3n) is 2.08. The minimum Gasteiger partial charge on any atom is -0.351 e. The average molecular weight is 282 g/mol. The zero-order chi connectivity index (χ0) is 14.5. The van der Waals surface area contributed by atoms with Gasteiger partial charge in [-0.05, 0) is 17.7 Å². The van der Waals surface area contributed by atoms with Gasteiger partial charge in [0.2, 0.25) is 5.91 Å². The Bertz CT molecular complexity index is 447. The molecule has 0 bridgehead atoms. The van der Waals surface area contributed by atoms with E-state index in [-0.39, 0.29) is 6.54 Å². The molecule has 0 radical (unpaired) electrons. The standard InChI is InChI=1S/C11H11F5N2O/c12-8-2-1-7(3-9(8)13)4-18-10(19)5-17-6-11(14,15)16/h1-3,17H,4-6H2,(H,18,19). The molecule has 8 heteroatoms. The molecule has 3 nitrogen and oxygen atoms in total. The molecule has 0 aromatic heterocycles. The van der Waals surface area contributed by atoms with Gasteiger partial charge < -0.3 is 10.6 Å². The highest BCUT2D eigenvalue weighted by Gasteiger charge is 2.26. The van der Waals surface area contributed by atoms with E-state index in [9.17, 15) is 26.7 Å². The maximum atomic E-state index is 12.8. The van der Waals surface area contributed by atoms with E-state index < -0.39 is 36.8 Å². The molecule has 0 aliphatic carbocycles. The van der Waals surface area contributed by atoms with Crippen LogP contribution in [0.1, 0.15) is 5.56 Å². The molecular formula is C11H11F5N2O. The summed E-state index contributed by atoms with van der Waals surface area (Å²) >= 11 is 0. The van der Waals surface area contributed by atoms with Crippen LogP contribution in [0.4, 0.5) is 22.0 Å². The van der Waals surface area contributed by atoms with Gasteiger partial charge in [0.25, 0.3) is 0 Å². The number of benzene rings is 1. The molecule has 1 aromatic carbocycles. The molecule has 2 N–H and O–H groups in total. The smallest absolute Gasteiger partial charge is 0.351 e. The van der Waals surface area contributed by atoms with E-state index >= 15 is 0 Å². The van der Waals surface area contributed by atoms with Crippen molar-refractivity contribution in [2.75, 3.05) is 13.1 Å². The van der Waals surface area contributed by atoms with Crippen LogP contribution in [0.2, 0.25) is 0 Å². The second-order valence-corrected chi connectivity index (χ2v) is 3.74. The first-order chi connectivity index (χ1) is 8.78. The fourth-order valence-electron chi connectivity index (χ4n) is 1.23. The second kappa shape index (κ2) is 6.46. The number of nitrogens with one attached hydrogen (secondary N) is 2. The second-order valence-electron chi connectivity index (χ2n) is 3.74. The van der Waals surface area contributed by atoms with Crippen LogP contribution in [-0.4, -0.2) is 25.2 Å². The van der Waals surface area contributed by atoms with Crippen molar-refractivity contribution in [3.8, 4) is 0 Å². The number of rotatable bonds is 5. The summed E-state index contributed by atoms with van der Waals surface area (Å²) in [4.78, 5) is 11.1. The lowest BCUT2D eigenvalue weighted by Crippen LogP contribution is -2.38. The molecule has 0 heterocycles. The maximum absolute atomic E-state index is 12.8. The highest BCUT2D eigenvalue weighted by molar-refractivity contribution is 5.77. The van der Waals surface area contributed by atoms with Crippen LogP contribution in [0.5, 0.6) is 0 Å². The fraction of sp³-hybridized carbons (Fsp3) is 0.364. The minimum atomic E-state index is -4.39. The first-order valence-corrected chi connectivity index (χ1v) is 5.26. The summed E-state index contributed by atoms with van der Waals surface area (Å²) in [6.07, 6.45) is -4.39. The van der Waals surface area contributed by atoms with Gasteiger partial charge in [-0.15, -0.1) is 0 Å². The highest BCUT2D eigenvalue weighted by atomic mass is 19.4. The van der Waals surface area contributed by atoms with E-state index in [1.54, 1.807) is 0 Å². The normalized spacial score (nSPS) is 11.4. The summed E-state index contributed by atoms with van der Waals surface area (Å²) in [5.74, 6) is -2.74. The van der Waals surface area contributed by atoms with E-state index in [1.807, 2.05) is 5.32 Å². The van der Waals surface area contributed by atoms with Crippen LogP contribution in [-0.2, 0) is 11.3 Å². The first-order valence-electron chi connectivity index (χ1n) is 5.26. The summed E-state index contributed by atoms with van der Waals surface area (Å²) < 4.78 is 60.7. The predicted molar refractivity (Wildman–Crippen MR) is 57.1 cm³/mol. The number of halogens is 5. The minimum absolute atomic E-state index is 0.0935. The van der Waals surface area contributed by atoms with E-state index in [1.165, 1.54) is 6.07 Å². The summed E-state index contributed by atoms with van der Waals surface area (Å²) in [6.45, 7) is -1.88. The first kappa shape index (κ1) is 15.4. The summed E-state index contributed by atoms with van der Waals surface area (Å²) in [5.41, 5.74) is 0.308. The number of amides is 1. The van der Waals surface area contributed by atoms with Gasteiger partial charge in [-0.2, -0.15) is 13.2 Å². The van der Waals surface area contributed by atoms with Crippen LogP contribution in [0.15, 0.2) is 18.2 Å². The molecule has 0 spiro atoms. The van der Waals surface area contributed by atoms with Crippen LogP contribution >= 0.6 is 0 Å². The third kappa shape index (κ3) is 6.14. The Balaban J connectivity index is 2.32. The molecule has 0 atom stereocenters. The molecular weight excluding hydrogens is 271 g/mol. The number of hydrogen-bond acceptors (Lipinski definition) is 2. The van der Waals surface area contributed by atoms with Crippen LogP contribution in [0.25, 0.3) is 0 Å². The average Bonchev–Trinajstić information content (AvgIpc) is 2.29. The Labute approximate surface area is 105 Å². The molecule has 0 aliphatic heterocycles. The van der Waals surface area contributed by atoms with Crippen LogP contribution < -0.4 is 10.6 Å². The van der Waals surface area contributed by atoms with Crippen molar-refractivity contribution >= 4 is 5.91 Å². The topological polar surface area (TPSA) is 41.1 Å². The van der Waals surface area contributed by atoms with Crippen molar-refractivity contribution < 1.29 is 26.7 Å². The Kier molecular flexibility index (Phi) is 5.22. The van der Waals surface area contributed by atoms with E-state index in [2.05, 4.69) is 5.32 Å². The largest absolute Gasteiger partial charge is 0.401 e. The maximum Gasteiger partial charge on any atom is 0.401 e. The molecule has 0 fully saturated rings. The van der Waals surface area contributed by atoms with Gasteiger partial charge in [-0.1, -0.05) is 6.07 Å². The predicted octanol–water partition coefficient (Wildman–Crippen LogP) is 1.73. The highest BCUT2D eigenvalue weighted by Crippen LogP contribution is 2.11. The van der Waals surface area contributed by atoms with E-state index in [0.29, 0.717) is 5.56 Å². The lowest BCUT2D eigenvalue weighted by atomic mass is 10.2. The zero-order valence-electron chi connectivity index (χ0n) is 9.65. The number of alkyl halides is 3. The summed E-state index contributed by atoms with van der Waals surface area (Å²) in [5, 5.41) is 4.18. The number of hydrogen-bond donors (Lipinski definition) is 2.